The molecule has 0 aromatic carbocycles. The molecule has 0 atom stereocenters. The lowest BCUT2D eigenvalue weighted by Gasteiger charge is -2.17. The van der Waals surface area contributed by atoms with E-state index in [1.807, 2.05) is 6.07 Å². The third-order valence-electron chi connectivity index (χ3n) is 3.34. The van der Waals surface area contributed by atoms with Crippen molar-refractivity contribution in [2.45, 2.75) is 42.9 Å². The summed E-state index contributed by atoms with van der Waals surface area (Å²) < 4.78 is 5.36. The Morgan fingerprint density at radius 3 is 2.90 bits per heavy atom. The van der Waals surface area contributed by atoms with E-state index in [0.717, 1.165) is 36.9 Å². The number of nitrogens with two attached hydrogens (primary N) is 1. The fourth-order valence-electron chi connectivity index (χ4n) is 2.33. The van der Waals surface area contributed by atoms with Crippen LogP contribution in [0.15, 0.2) is 25.9 Å². The normalized spacial score (nSPS) is 15.0. The Kier molecular flexibility index (Phi) is 3.78. The van der Waals surface area contributed by atoms with Crippen LogP contribution in [0.5, 0.6) is 0 Å². The van der Waals surface area contributed by atoms with E-state index in [0.29, 0.717) is 21.7 Å². The average Bonchev–Trinajstić information content (AvgIpc) is 2.91. The van der Waals surface area contributed by atoms with E-state index < -0.39 is 0 Å². The second-order valence-electron chi connectivity index (χ2n) is 4.83. The van der Waals surface area contributed by atoms with Crippen molar-refractivity contribution in [1.82, 2.24) is 15.2 Å². The van der Waals surface area contributed by atoms with Crippen LogP contribution in [0.25, 0.3) is 0 Å². The summed E-state index contributed by atoms with van der Waals surface area (Å²) in [6, 6.07) is 1.95. The molecule has 0 radical (unpaired) electrons. The van der Waals surface area contributed by atoms with Gasteiger partial charge in [-0.25, -0.2) is 4.98 Å². The molecule has 0 saturated carbocycles. The highest BCUT2D eigenvalue weighted by atomic mass is 32.2. The first-order chi connectivity index (χ1) is 10.2. The van der Waals surface area contributed by atoms with Crippen molar-refractivity contribution in [2.75, 3.05) is 0 Å². The monoisotopic (exact) mass is 305 g/mol. The van der Waals surface area contributed by atoms with Crippen LogP contribution in [0, 0.1) is 6.92 Å². The zero-order valence-corrected chi connectivity index (χ0v) is 12.4. The van der Waals surface area contributed by atoms with Gasteiger partial charge in [0.2, 0.25) is 5.89 Å². The number of pyridine rings is 1. The molecule has 2 aromatic rings. The Labute approximate surface area is 125 Å². The van der Waals surface area contributed by atoms with Gasteiger partial charge in [-0.2, -0.15) is 0 Å². The molecule has 1 aliphatic carbocycles. The molecule has 8 heteroatoms. The van der Waals surface area contributed by atoms with Gasteiger partial charge in [0.15, 0.2) is 5.84 Å². The van der Waals surface area contributed by atoms with E-state index in [1.54, 1.807) is 6.92 Å². The first kappa shape index (κ1) is 13.9. The van der Waals surface area contributed by atoms with Crippen LogP contribution >= 0.6 is 11.8 Å². The Morgan fingerprint density at radius 1 is 1.38 bits per heavy atom. The molecule has 0 fully saturated rings. The number of hydrogen-bond donors (Lipinski definition) is 2. The second kappa shape index (κ2) is 5.72. The number of hydrogen-bond acceptors (Lipinski definition) is 7. The number of aryl methyl sites for hydroxylation is 3. The van der Waals surface area contributed by atoms with Gasteiger partial charge in [-0.3, -0.25) is 0 Å². The molecular formula is C13H15N5O2S. The molecule has 7 nitrogen and oxygen atoms in total. The maximum atomic E-state index is 8.96. The van der Waals surface area contributed by atoms with Crippen LogP contribution < -0.4 is 5.73 Å². The SMILES string of the molecule is Cc1nnc(Sc2nc3c(cc2C(N)=NO)CCCC3)o1. The van der Waals surface area contributed by atoms with Crippen molar-refractivity contribution in [2.24, 2.45) is 10.9 Å². The lowest BCUT2D eigenvalue weighted by atomic mass is 9.95. The average molecular weight is 305 g/mol. The van der Waals surface area contributed by atoms with Crippen LogP contribution in [0.2, 0.25) is 0 Å². The van der Waals surface area contributed by atoms with Crippen LogP contribution in [0.1, 0.15) is 35.6 Å². The largest absolute Gasteiger partial charge is 0.416 e. The van der Waals surface area contributed by atoms with Crippen LogP contribution in [0.3, 0.4) is 0 Å². The molecule has 0 spiro atoms. The first-order valence-electron chi connectivity index (χ1n) is 6.66. The minimum atomic E-state index is 0.0367. The quantitative estimate of drug-likeness (QED) is 0.385. The minimum Gasteiger partial charge on any atom is -0.416 e. The predicted molar refractivity (Wildman–Crippen MR) is 76.5 cm³/mol. The van der Waals surface area contributed by atoms with Gasteiger partial charge < -0.3 is 15.4 Å². The van der Waals surface area contributed by atoms with Crippen LogP contribution in [0.4, 0.5) is 0 Å². The Hall–Kier alpha value is -2.09. The summed E-state index contributed by atoms with van der Waals surface area (Å²) in [5.41, 5.74) is 8.59. The number of nitrogens with zero attached hydrogens (tertiary/aromatic N) is 4. The highest BCUT2D eigenvalue weighted by Crippen LogP contribution is 2.31. The molecule has 3 rings (SSSR count). The zero-order chi connectivity index (χ0) is 14.8. The topological polar surface area (TPSA) is 110 Å². The molecule has 3 N–H and O–H groups in total. The molecule has 0 saturated heterocycles. The molecule has 0 aliphatic heterocycles. The molecule has 110 valence electrons. The third-order valence-corrected chi connectivity index (χ3v) is 4.19. The van der Waals surface area contributed by atoms with Gasteiger partial charge >= 0.3 is 0 Å². The molecule has 21 heavy (non-hydrogen) atoms. The lowest BCUT2D eigenvalue weighted by molar-refractivity contribution is 0.318. The highest BCUT2D eigenvalue weighted by molar-refractivity contribution is 7.99. The molecular weight excluding hydrogens is 290 g/mol. The number of fused-ring (bicyclic) bond motifs is 1. The number of aromatic nitrogens is 3. The minimum absolute atomic E-state index is 0.0367. The van der Waals surface area contributed by atoms with E-state index in [2.05, 4.69) is 20.3 Å². The number of rotatable bonds is 3. The van der Waals surface area contributed by atoms with Gasteiger partial charge in [0.25, 0.3) is 5.22 Å². The lowest BCUT2D eigenvalue weighted by Crippen LogP contribution is -2.17. The zero-order valence-electron chi connectivity index (χ0n) is 11.5. The number of oxime groups is 1. The molecule has 0 amide bonds. The summed E-state index contributed by atoms with van der Waals surface area (Å²) in [6.07, 6.45) is 4.19. The van der Waals surface area contributed by atoms with Crippen molar-refractivity contribution >= 4 is 17.6 Å². The Balaban J connectivity index is 2.03. The van der Waals surface area contributed by atoms with Crippen molar-refractivity contribution in [3.63, 3.8) is 0 Å². The molecule has 1 aliphatic rings. The highest BCUT2D eigenvalue weighted by Gasteiger charge is 2.19. The van der Waals surface area contributed by atoms with E-state index in [-0.39, 0.29) is 5.84 Å². The van der Waals surface area contributed by atoms with Gasteiger partial charge in [-0.05, 0) is 49.1 Å². The van der Waals surface area contributed by atoms with Crippen molar-refractivity contribution < 1.29 is 9.62 Å². The van der Waals surface area contributed by atoms with Gasteiger partial charge in [0.05, 0.1) is 5.56 Å². The summed E-state index contributed by atoms with van der Waals surface area (Å²) in [5.74, 6) is 0.524. The van der Waals surface area contributed by atoms with Crippen molar-refractivity contribution in [1.29, 1.82) is 0 Å². The molecule has 2 heterocycles. The fourth-order valence-corrected chi connectivity index (χ4v) is 3.17. The smallest absolute Gasteiger partial charge is 0.282 e. The van der Waals surface area contributed by atoms with Crippen molar-refractivity contribution in [3.05, 3.63) is 28.8 Å². The van der Waals surface area contributed by atoms with E-state index in [9.17, 15) is 0 Å². The van der Waals surface area contributed by atoms with E-state index in [1.165, 1.54) is 11.8 Å². The summed E-state index contributed by atoms with van der Waals surface area (Å²) >= 11 is 1.23. The summed E-state index contributed by atoms with van der Waals surface area (Å²) in [6.45, 7) is 1.72. The molecule has 2 aromatic heterocycles. The summed E-state index contributed by atoms with van der Waals surface area (Å²) in [4.78, 5) is 4.65. The second-order valence-corrected chi connectivity index (χ2v) is 5.77. The number of amidine groups is 1. The van der Waals surface area contributed by atoms with Gasteiger partial charge in [-0.1, -0.05) is 5.16 Å². The Morgan fingerprint density at radius 2 is 2.19 bits per heavy atom. The van der Waals surface area contributed by atoms with Gasteiger partial charge in [0, 0.05) is 12.6 Å². The first-order valence-corrected chi connectivity index (χ1v) is 7.47. The third kappa shape index (κ3) is 2.85. The fraction of sp³-hybridized carbons (Fsp3) is 0.385. The molecule has 0 bridgehead atoms. The van der Waals surface area contributed by atoms with Gasteiger partial charge in [0.1, 0.15) is 5.03 Å². The molecule has 0 unspecified atom stereocenters. The summed E-state index contributed by atoms with van der Waals surface area (Å²) in [5, 5.41) is 20.8. The predicted octanol–water partition coefficient (Wildman–Crippen LogP) is 1.90. The van der Waals surface area contributed by atoms with Crippen molar-refractivity contribution in [3.8, 4) is 0 Å². The Bertz CT molecular complexity index is 698. The van der Waals surface area contributed by atoms with Crippen LogP contribution in [-0.2, 0) is 12.8 Å². The van der Waals surface area contributed by atoms with E-state index >= 15 is 0 Å². The van der Waals surface area contributed by atoms with E-state index in [4.69, 9.17) is 15.4 Å². The maximum absolute atomic E-state index is 8.96. The maximum Gasteiger partial charge on any atom is 0.282 e. The van der Waals surface area contributed by atoms with Crippen LogP contribution in [-0.4, -0.2) is 26.2 Å². The standard InChI is InChI=1S/C13H15N5O2S/c1-7-16-17-13(20-7)21-12-9(11(14)18-19)6-8-4-2-3-5-10(8)15-12/h6,19H,2-5H2,1H3,(H2,14,18). The van der Waals surface area contributed by atoms with Gasteiger partial charge in [-0.15, -0.1) is 10.2 Å². The summed E-state index contributed by atoms with van der Waals surface area (Å²) in [7, 11) is 0.